The van der Waals surface area contributed by atoms with Gasteiger partial charge in [-0.3, -0.25) is 4.68 Å². The van der Waals surface area contributed by atoms with Gasteiger partial charge in [-0.2, -0.15) is 5.10 Å². The van der Waals surface area contributed by atoms with E-state index in [1.807, 2.05) is 0 Å². The summed E-state index contributed by atoms with van der Waals surface area (Å²) in [5, 5.41) is 4.65. The molecule has 0 aromatic carbocycles. The Morgan fingerprint density at radius 1 is 0.941 bits per heavy atom. The molecule has 17 heavy (non-hydrogen) atoms. The van der Waals surface area contributed by atoms with Crippen molar-refractivity contribution in [3.63, 3.8) is 0 Å². The molecule has 0 saturated heterocycles. The van der Waals surface area contributed by atoms with Crippen molar-refractivity contribution in [2.24, 2.45) is 0 Å². The summed E-state index contributed by atoms with van der Waals surface area (Å²) < 4.78 is 2.22. The van der Waals surface area contributed by atoms with Crippen LogP contribution >= 0.6 is 0 Å². The van der Waals surface area contributed by atoms with Crippen LogP contribution in [0.4, 0.5) is 0 Å². The lowest BCUT2D eigenvalue weighted by atomic mass is 10.1. The lowest BCUT2D eigenvalue weighted by molar-refractivity contribution is 0.512. The van der Waals surface area contributed by atoms with E-state index in [1.54, 1.807) is 0 Å². The molecule has 2 heteroatoms. The van der Waals surface area contributed by atoms with E-state index in [1.165, 1.54) is 49.9 Å². The van der Waals surface area contributed by atoms with Gasteiger partial charge in [0.15, 0.2) is 0 Å². The quantitative estimate of drug-likeness (QED) is 0.582. The zero-order valence-corrected chi connectivity index (χ0v) is 11.8. The summed E-state index contributed by atoms with van der Waals surface area (Å²) in [7, 11) is 0. The standard InChI is InChI=1S/C15H28N2/c1-4-7-8-9-10-11-12-17-15(6-3)13-14(5-2)16-17/h13H,4-12H2,1-3H3. The predicted octanol–water partition coefficient (Wildman–Crippen LogP) is 4.37. The summed E-state index contributed by atoms with van der Waals surface area (Å²) in [4.78, 5) is 0. The average Bonchev–Trinajstić information content (AvgIpc) is 2.76. The van der Waals surface area contributed by atoms with Crippen molar-refractivity contribution in [2.45, 2.75) is 78.7 Å². The predicted molar refractivity (Wildman–Crippen MR) is 74.4 cm³/mol. The number of rotatable bonds is 9. The van der Waals surface area contributed by atoms with E-state index in [-0.39, 0.29) is 0 Å². The third-order valence-electron chi connectivity index (χ3n) is 3.36. The van der Waals surface area contributed by atoms with Crippen LogP contribution in [0.3, 0.4) is 0 Å². The lowest BCUT2D eigenvalue weighted by Crippen LogP contribution is -2.04. The Hall–Kier alpha value is -0.790. The highest BCUT2D eigenvalue weighted by molar-refractivity contribution is 5.10. The monoisotopic (exact) mass is 236 g/mol. The second kappa shape index (κ2) is 8.32. The Kier molecular flexibility index (Phi) is 6.99. The first-order valence-corrected chi connectivity index (χ1v) is 7.37. The van der Waals surface area contributed by atoms with Gasteiger partial charge in [0.2, 0.25) is 0 Å². The Balaban J connectivity index is 2.28. The molecule has 1 heterocycles. The van der Waals surface area contributed by atoms with Gasteiger partial charge in [0, 0.05) is 12.2 Å². The Morgan fingerprint density at radius 2 is 1.65 bits per heavy atom. The smallest absolute Gasteiger partial charge is 0.0624 e. The molecule has 98 valence electrons. The van der Waals surface area contributed by atoms with Gasteiger partial charge in [0.1, 0.15) is 0 Å². The summed E-state index contributed by atoms with van der Waals surface area (Å²) in [6.45, 7) is 7.77. The molecule has 0 bridgehead atoms. The van der Waals surface area contributed by atoms with E-state index in [4.69, 9.17) is 0 Å². The van der Waals surface area contributed by atoms with Gasteiger partial charge < -0.3 is 0 Å². The molecule has 0 atom stereocenters. The number of hydrogen-bond donors (Lipinski definition) is 0. The minimum Gasteiger partial charge on any atom is -0.269 e. The minimum absolute atomic E-state index is 1.05. The van der Waals surface area contributed by atoms with Crippen LogP contribution in [-0.2, 0) is 19.4 Å². The molecule has 0 aliphatic carbocycles. The first-order chi connectivity index (χ1) is 8.31. The van der Waals surface area contributed by atoms with Crippen molar-refractivity contribution in [3.8, 4) is 0 Å². The molecule has 0 saturated carbocycles. The van der Waals surface area contributed by atoms with Crippen LogP contribution in [0.15, 0.2) is 6.07 Å². The normalized spacial score (nSPS) is 11.0. The molecule has 1 rings (SSSR count). The molecule has 0 unspecified atom stereocenters. The van der Waals surface area contributed by atoms with E-state index in [2.05, 4.69) is 36.6 Å². The van der Waals surface area contributed by atoms with Crippen molar-refractivity contribution in [3.05, 3.63) is 17.5 Å². The van der Waals surface area contributed by atoms with E-state index in [0.717, 1.165) is 19.4 Å². The van der Waals surface area contributed by atoms with Gasteiger partial charge in [0.25, 0.3) is 0 Å². The van der Waals surface area contributed by atoms with Crippen LogP contribution in [0.1, 0.15) is 70.7 Å². The van der Waals surface area contributed by atoms with Crippen LogP contribution in [0.2, 0.25) is 0 Å². The summed E-state index contributed by atoms with van der Waals surface area (Å²) in [6.07, 6.45) is 10.3. The highest BCUT2D eigenvalue weighted by Crippen LogP contribution is 2.10. The Bertz CT molecular complexity index is 302. The fourth-order valence-corrected chi connectivity index (χ4v) is 2.21. The maximum Gasteiger partial charge on any atom is 0.0624 e. The van der Waals surface area contributed by atoms with Crippen molar-refractivity contribution in [2.75, 3.05) is 0 Å². The number of aryl methyl sites for hydroxylation is 3. The molecular formula is C15H28N2. The van der Waals surface area contributed by atoms with Gasteiger partial charge in [-0.1, -0.05) is 52.9 Å². The van der Waals surface area contributed by atoms with E-state index in [0.29, 0.717) is 0 Å². The van der Waals surface area contributed by atoms with Gasteiger partial charge >= 0.3 is 0 Å². The van der Waals surface area contributed by atoms with Crippen molar-refractivity contribution in [1.82, 2.24) is 9.78 Å². The Morgan fingerprint density at radius 3 is 2.29 bits per heavy atom. The second-order valence-corrected chi connectivity index (χ2v) is 4.83. The molecular weight excluding hydrogens is 208 g/mol. The number of hydrogen-bond acceptors (Lipinski definition) is 1. The van der Waals surface area contributed by atoms with Gasteiger partial charge in [-0.15, -0.1) is 0 Å². The first-order valence-electron chi connectivity index (χ1n) is 7.37. The van der Waals surface area contributed by atoms with Crippen LogP contribution in [0, 0.1) is 0 Å². The van der Waals surface area contributed by atoms with Crippen molar-refractivity contribution >= 4 is 0 Å². The summed E-state index contributed by atoms with van der Waals surface area (Å²) in [5.41, 5.74) is 2.64. The number of aromatic nitrogens is 2. The fraction of sp³-hybridized carbons (Fsp3) is 0.800. The zero-order chi connectivity index (χ0) is 12.5. The van der Waals surface area contributed by atoms with Crippen LogP contribution in [-0.4, -0.2) is 9.78 Å². The third-order valence-corrected chi connectivity index (χ3v) is 3.36. The second-order valence-electron chi connectivity index (χ2n) is 4.83. The number of nitrogens with zero attached hydrogens (tertiary/aromatic N) is 2. The maximum atomic E-state index is 4.65. The molecule has 1 aromatic rings. The van der Waals surface area contributed by atoms with Crippen LogP contribution < -0.4 is 0 Å². The van der Waals surface area contributed by atoms with Crippen LogP contribution in [0.25, 0.3) is 0 Å². The van der Waals surface area contributed by atoms with Gasteiger partial charge in [-0.05, 0) is 25.3 Å². The fourth-order valence-electron chi connectivity index (χ4n) is 2.21. The van der Waals surface area contributed by atoms with E-state index in [9.17, 15) is 0 Å². The Labute approximate surface area is 106 Å². The van der Waals surface area contributed by atoms with E-state index < -0.39 is 0 Å². The summed E-state index contributed by atoms with van der Waals surface area (Å²) >= 11 is 0. The van der Waals surface area contributed by atoms with Crippen molar-refractivity contribution < 1.29 is 0 Å². The third kappa shape index (κ3) is 4.93. The SMILES string of the molecule is CCCCCCCCn1nc(CC)cc1CC. The molecule has 0 radical (unpaired) electrons. The molecule has 0 amide bonds. The highest BCUT2D eigenvalue weighted by atomic mass is 15.3. The molecule has 0 spiro atoms. The topological polar surface area (TPSA) is 17.8 Å². The largest absolute Gasteiger partial charge is 0.269 e. The molecule has 0 aliphatic heterocycles. The van der Waals surface area contributed by atoms with E-state index >= 15 is 0 Å². The molecule has 0 aliphatic rings. The average molecular weight is 236 g/mol. The molecule has 1 aromatic heterocycles. The lowest BCUT2D eigenvalue weighted by Gasteiger charge is -2.05. The molecule has 0 fully saturated rings. The first kappa shape index (κ1) is 14.3. The summed E-state index contributed by atoms with van der Waals surface area (Å²) in [5.74, 6) is 0. The molecule has 2 nitrogen and oxygen atoms in total. The van der Waals surface area contributed by atoms with Crippen molar-refractivity contribution in [1.29, 1.82) is 0 Å². The summed E-state index contributed by atoms with van der Waals surface area (Å²) in [6, 6.07) is 2.26. The van der Waals surface area contributed by atoms with Gasteiger partial charge in [0.05, 0.1) is 5.69 Å². The minimum atomic E-state index is 1.05. The molecule has 0 N–H and O–H groups in total. The zero-order valence-electron chi connectivity index (χ0n) is 11.8. The van der Waals surface area contributed by atoms with Gasteiger partial charge in [-0.25, -0.2) is 0 Å². The maximum absolute atomic E-state index is 4.65. The van der Waals surface area contributed by atoms with Crippen LogP contribution in [0.5, 0.6) is 0 Å². The highest BCUT2D eigenvalue weighted by Gasteiger charge is 2.04. The number of unbranched alkanes of at least 4 members (excludes halogenated alkanes) is 5.